The maximum absolute atomic E-state index is 5.14. The van der Waals surface area contributed by atoms with E-state index in [4.69, 9.17) is 9.47 Å². The number of ether oxygens (including phenoxy) is 2. The van der Waals surface area contributed by atoms with Crippen LogP contribution < -0.4 is 5.32 Å². The first-order valence-electron chi connectivity index (χ1n) is 5.81. The molecule has 1 rings (SSSR count). The van der Waals surface area contributed by atoms with Gasteiger partial charge in [0.1, 0.15) is 0 Å². The summed E-state index contributed by atoms with van der Waals surface area (Å²) in [6, 6.07) is 0.626. The van der Waals surface area contributed by atoms with Crippen LogP contribution in [0.3, 0.4) is 0 Å². The molecule has 0 unspecified atom stereocenters. The number of methoxy groups -OCH3 is 2. The van der Waals surface area contributed by atoms with Crippen LogP contribution in [0.25, 0.3) is 0 Å². The number of nitrogens with zero attached hydrogens (tertiary/aromatic N) is 1. The molecule has 0 aromatic carbocycles. The van der Waals surface area contributed by atoms with Gasteiger partial charge >= 0.3 is 0 Å². The van der Waals surface area contributed by atoms with Gasteiger partial charge in [-0.15, -0.1) is 0 Å². The molecule has 1 aliphatic heterocycles. The second-order valence-electron chi connectivity index (χ2n) is 4.02. The van der Waals surface area contributed by atoms with Crippen molar-refractivity contribution < 1.29 is 9.47 Å². The Bertz CT molecular complexity index is 155. The summed E-state index contributed by atoms with van der Waals surface area (Å²) < 4.78 is 10.3. The van der Waals surface area contributed by atoms with E-state index in [-0.39, 0.29) is 6.29 Å². The van der Waals surface area contributed by atoms with Gasteiger partial charge in [-0.1, -0.05) is 6.92 Å². The fraction of sp³-hybridized carbons (Fsp3) is 1.00. The molecule has 0 aliphatic carbocycles. The third-order valence-electron chi connectivity index (χ3n) is 3.13. The SMILES string of the molecule is CCN1CCC(NCC(OC)OC)CC1. The van der Waals surface area contributed by atoms with Gasteiger partial charge < -0.3 is 19.7 Å². The lowest BCUT2D eigenvalue weighted by molar-refractivity contribution is -0.100. The maximum atomic E-state index is 5.14. The average Bonchev–Trinajstić information content (AvgIpc) is 2.31. The van der Waals surface area contributed by atoms with E-state index in [2.05, 4.69) is 17.1 Å². The van der Waals surface area contributed by atoms with Gasteiger partial charge in [-0.2, -0.15) is 0 Å². The first kappa shape index (κ1) is 12.9. The average molecular weight is 216 g/mol. The molecule has 90 valence electrons. The van der Waals surface area contributed by atoms with Gasteiger partial charge in [-0.25, -0.2) is 0 Å². The standard InChI is InChI=1S/C11H24N2O2/c1-4-13-7-5-10(6-8-13)12-9-11(14-2)15-3/h10-12H,4-9H2,1-3H3. The molecule has 1 N–H and O–H groups in total. The van der Waals surface area contributed by atoms with Crippen LogP contribution in [0.5, 0.6) is 0 Å². The highest BCUT2D eigenvalue weighted by atomic mass is 16.7. The Morgan fingerprint density at radius 1 is 1.27 bits per heavy atom. The molecular formula is C11H24N2O2. The van der Waals surface area contributed by atoms with E-state index in [1.165, 1.54) is 32.5 Å². The van der Waals surface area contributed by atoms with E-state index in [0.29, 0.717) is 6.04 Å². The third kappa shape index (κ3) is 4.47. The summed E-state index contributed by atoms with van der Waals surface area (Å²) in [7, 11) is 3.35. The molecule has 1 fully saturated rings. The van der Waals surface area contributed by atoms with Crippen molar-refractivity contribution in [1.29, 1.82) is 0 Å². The van der Waals surface area contributed by atoms with Gasteiger partial charge in [0.15, 0.2) is 6.29 Å². The zero-order valence-electron chi connectivity index (χ0n) is 10.2. The fourth-order valence-electron chi connectivity index (χ4n) is 1.98. The monoisotopic (exact) mass is 216 g/mol. The van der Waals surface area contributed by atoms with Crippen LogP contribution in [0, 0.1) is 0 Å². The van der Waals surface area contributed by atoms with Crippen LogP contribution in [-0.2, 0) is 9.47 Å². The summed E-state index contributed by atoms with van der Waals surface area (Å²) in [4.78, 5) is 2.49. The number of hydrogen-bond donors (Lipinski definition) is 1. The predicted molar refractivity (Wildman–Crippen MR) is 60.9 cm³/mol. The van der Waals surface area contributed by atoms with Gasteiger partial charge in [-0.05, 0) is 32.5 Å². The highest BCUT2D eigenvalue weighted by Gasteiger charge is 2.18. The van der Waals surface area contributed by atoms with Crippen molar-refractivity contribution in [2.24, 2.45) is 0 Å². The zero-order valence-corrected chi connectivity index (χ0v) is 10.2. The summed E-state index contributed by atoms with van der Waals surface area (Å²) in [5, 5.41) is 3.49. The minimum atomic E-state index is -0.116. The first-order valence-corrected chi connectivity index (χ1v) is 5.81. The molecule has 0 bridgehead atoms. The predicted octanol–water partition coefficient (Wildman–Crippen LogP) is 0.679. The van der Waals surface area contributed by atoms with Crippen molar-refractivity contribution in [2.75, 3.05) is 40.4 Å². The van der Waals surface area contributed by atoms with E-state index in [9.17, 15) is 0 Å². The second-order valence-corrected chi connectivity index (χ2v) is 4.02. The second kappa shape index (κ2) is 7.17. The molecule has 1 heterocycles. The van der Waals surface area contributed by atoms with E-state index >= 15 is 0 Å². The lowest BCUT2D eigenvalue weighted by Crippen LogP contribution is -2.45. The molecule has 0 amide bonds. The number of rotatable bonds is 6. The van der Waals surface area contributed by atoms with Crippen molar-refractivity contribution in [3.63, 3.8) is 0 Å². The van der Waals surface area contributed by atoms with E-state index in [1.54, 1.807) is 14.2 Å². The van der Waals surface area contributed by atoms with Crippen molar-refractivity contribution >= 4 is 0 Å². The third-order valence-corrected chi connectivity index (χ3v) is 3.13. The Labute approximate surface area is 92.9 Å². The fourth-order valence-corrected chi connectivity index (χ4v) is 1.98. The number of likely N-dealkylation sites (tertiary alicyclic amines) is 1. The van der Waals surface area contributed by atoms with Gasteiger partial charge in [-0.3, -0.25) is 0 Å². The smallest absolute Gasteiger partial charge is 0.169 e. The number of piperidine rings is 1. The summed E-state index contributed by atoms with van der Waals surface area (Å²) in [6.07, 6.45) is 2.34. The summed E-state index contributed by atoms with van der Waals surface area (Å²) in [5.74, 6) is 0. The Kier molecular flexibility index (Phi) is 6.17. The molecule has 15 heavy (non-hydrogen) atoms. The van der Waals surface area contributed by atoms with Gasteiger partial charge in [0, 0.05) is 26.8 Å². The van der Waals surface area contributed by atoms with Crippen LogP contribution in [0.2, 0.25) is 0 Å². The lowest BCUT2D eigenvalue weighted by atomic mass is 10.1. The molecule has 0 aromatic heterocycles. The number of hydrogen-bond acceptors (Lipinski definition) is 4. The highest BCUT2D eigenvalue weighted by Crippen LogP contribution is 2.09. The topological polar surface area (TPSA) is 33.7 Å². The normalized spacial score (nSPS) is 20.0. The Balaban J connectivity index is 2.12. The molecule has 0 atom stereocenters. The molecule has 0 radical (unpaired) electrons. The molecule has 0 aromatic rings. The number of nitrogens with one attached hydrogen (secondary N) is 1. The molecule has 0 saturated carbocycles. The van der Waals surface area contributed by atoms with Gasteiger partial charge in [0.05, 0.1) is 0 Å². The summed E-state index contributed by atoms with van der Waals surface area (Å²) in [6.45, 7) is 6.59. The van der Waals surface area contributed by atoms with Gasteiger partial charge in [0.2, 0.25) is 0 Å². The summed E-state index contributed by atoms with van der Waals surface area (Å²) >= 11 is 0. The zero-order chi connectivity index (χ0) is 11.1. The van der Waals surface area contributed by atoms with Crippen molar-refractivity contribution in [1.82, 2.24) is 10.2 Å². The van der Waals surface area contributed by atoms with Crippen LogP contribution in [0.4, 0.5) is 0 Å². The van der Waals surface area contributed by atoms with Crippen LogP contribution in [-0.4, -0.2) is 57.6 Å². The van der Waals surface area contributed by atoms with E-state index in [0.717, 1.165) is 6.54 Å². The molecule has 1 aliphatic rings. The quantitative estimate of drug-likeness (QED) is 0.662. The molecule has 0 spiro atoms. The molecule has 4 heteroatoms. The lowest BCUT2D eigenvalue weighted by Gasteiger charge is -2.32. The minimum absolute atomic E-state index is 0.116. The van der Waals surface area contributed by atoms with Crippen molar-refractivity contribution in [3.8, 4) is 0 Å². The molecule has 1 saturated heterocycles. The van der Waals surface area contributed by atoms with Crippen LogP contribution in [0.1, 0.15) is 19.8 Å². The first-order chi connectivity index (χ1) is 7.30. The Morgan fingerprint density at radius 2 is 1.87 bits per heavy atom. The van der Waals surface area contributed by atoms with Crippen molar-refractivity contribution in [2.45, 2.75) is 32.1 Å². The molecule has 4 nitrogen and oxygen atoms in total. The van der Waals surface area contributed by atoms with E-state index < -0.39 is 0 Å². The highest BCUT2D eigenvalue weighted by molar-refractivity contribution is 4.76. The Morgan fingerprint density at radius 3 is 2.33 bits per heavy atom. The van der Waals surface area contributed by atoms with Crippen LogP contribution >= 0.6 is 0 Å². The Hall–Kier alpha value is -0.160. The minimum Gasteiger partial charge on any atom is -0.355 e. The van der Waals surface area contributed by atoms with Crippen molar-refractivity contribution in [3.05, 3.63) is 0 Å². The van der Waals surface area contributed by atoms with E-state index in [1.807, 2.05) is 0 Å². The van der Waals surface area contributed by atoms with Crippen LogP contribution in [0.15, 0.2) is 0 Å². The molecular weight excluding hydrogens is 192 g/mol. The van der Waals surface area contributed by atoms with Gasteiger partial charge in [0.25, 0.3) is 0 Å². The summed E-state index contributed by atoms with van der Waals surface area (Å²) in [5.41, 5.74) is 0. The maximum Gasteiger partial charge on any atom is 0.169 e. The largest absolute Gasteiger partial charge is 0.355 e.